The minimum atomic E-state index is -0.161. The maximum Gasteiger partial charge on any atom is 0.251 e. The van der Waals surface area contributed by atoms with Crippen LogP contribution in [0.15, 0.2) is 53.9 Å². The fourth-order valence-corrected chi connectivity index (χ4v) is 5.06. The third-order valence-electron chi connectivity index (χ3n) is 5.79. The van der Waals surface area contributed by atoms with Gasteiger partial charge in [-0.2, -0.15) is 0 Å². The molecule has 7 nitrogen and oxygen atoms in total. The standard InChI is InChI=1S/C25H27N3O4S/c1-26-25(30)16-6-8-18(9-7-16)27-23(29)15-28-11-10-17-13-20(31-2)21(32-3)14-19(17)24(28)22-5-4-12-33-22/h4-9,12-14,24H,10-11,15H2,1-3H3,(H,26,30)(H,27,29)/t24-/m0/s1. The van der Waals surface area contributed by atoms with E-state index in [2.05, 4.69) is 27.0 Å². The van der Waals surface area contributed by atoms with E-state index in [1.165, 1.54) is 10.4 Å². The molecule has 2 N–H and O–H groups in total. The van der Waals surface area contributed by atoms with Gasteiger partial charge >= 0.3 is 0 Å². The Morgan fingerprint density at radius 1 is 1.09 bits per heavy atom. The van der Waals surface area contributed by atoms with Crippen LogP contribution in [0.1, 0.15) is 32.4 Å². The van der Waals surface area contributed by atoms with Crippen molar-refractivity contribution in [1.82, 2.24) is 10.2 Å². The Labute approximate surface area is 197 Å². The first-order valence-electron chi connectivity index (χ1n) is 10.7. The van der Waals surface area contributed by atoms with Crippen molar-refractivity contribution in [1.29, 1.82) is 0 Å². The molecular formula is C25H27N3O4S. The Hall–Kier alpha value is -3.36. The molecule has 1 aromatic heterocycles. The number of hydrogen-bond acceptors (Lipinski definition) is 6. The molecule has 0 saturated heterocycles. The third-order valence-corrected chi connectivity index (χ3v) is 6.72. The number of nitrogens with zero attached hydrogens (tertiary/aromatic N) is 1. The number of carbonyl (C=O) groups excluding carboxylic acids is 2. The lowest BCUT2D eigenvalue weighted by Gasteiger charge is -2.37. The smallest absolute Gasteiger partial charge is 0.251 e. The first-order valence-corrected chi connectivity index (χ1v) is 11.6. The lowest BCUT2D eigenvalue weighted by Crippen LogP contribution is -2.40. The van der Waals surface area contributed by atoms with Gasteiger partial charge in [0.1, 0.15) is 0 Å². The molecule has 4 rings (SSSR count). The predicted octanol–water partition coefficient (Wildman–Crippen LogP) is 3.71. The monoisotopic (exact) mass is 465 g/mol. The molecule has 3 aromatic rings. The minimum Gasteiger partial charge on any atom is -0.493 e. The predicted molar refractivity (Wildman–Crippen MR) is 129 cm³/mol. The van der Waals surface area contributed by atoms with E-state index >= 15 is 0 Å². The summed E-state index contributed by atoms with van der Waals surface area (Å²) in [5, 5.41) is 7.59. The lowest BCUT2D eigenvalue weighted by molar-refractivity contribution is -0.117. The van der Waals surface area contributed by atoms with Crippen LogP contribution < -0.4 is 20.1 Å². The van der Waals surface area contributed by atoms with Crippen molar-refractivity contribution in [3.8, 4) is 11.5 Å². The quantitative estimate of drug-likeness (QED) is 0.556. The molecule has 1 atom stereocenters. The zero-order valence-corrected chi connectivity index (χ0v) is 19.7. The van der Waals surface area contributed by atoms with Crippen LogP contribution in [0.5, 0.6) is 11.5 Å². The summed E-state index contributed by atoms with van der Waals surface area (Å²) >= 11 is 1.67. The van der Waals surface area contributed by atoms with Gasteiger partial charge in [-0.25, -0.2) is 0 Å². The van der Waals surface area contributed by atoms with Crippen molar-refractivity contribution in [2.75, 3.05) is 39.7 Å². The molecule has 1 aliphatic rings. The van der Waals surface area contributed by atoms with Crippen LogP contribution in [-0.4, -0.2) is 51.1 Å². The molecule has 2 heterocycles. The number of fused-ring (bicyclic) bond motifs is 1. The largest absolute Gasteiger partial charge is 0.493 e. The van der Waals surface area contributed by atoms with Gasteiger partial charge in [0.25, 0.3) is 5.91 Å². The molecule has 0 radical (unpaired) electrons. The lowest BCUT2D eigenvalue weighted by atomic mass is 9.91. The molecule has 0 saturated carbocycles. The molecule has 2 aromatic carbocycles. The molecule has 0 fully saturated rings. The number of carbonyl (C=O) groups is 2. The highest BCUT2D eigenvalue weighted by molar-refractivity contribution is 7.10. The van der Waals surface area contributed by atoms with E-state index in [9.17, 15) is 9.59 Å². The van der Waals surface area contributed by atoms with E-state index in [-0.39, 0.29) is 24.4 Å². The van der Waals surface area contributed by atoms with Gasteiger partial charge in [0, 0.05) is 29.7 Å². The number of amides is 2. The molecule has 0 spiro atoms. The molecule has 172 valence electrons. The highest BCUT2D eigenvalue weighted by Crippen LogP contribution is 2.42. The van der Waals surface area contributed by atoms with E-state index in [0.717, 1.165) is 18.5 Å². The van der Waals surface area contributed by atoms with Crippen molar-refractivity contribution < 1.29 is 19.1 Å². The van der Waals surface area contributed by atoms with Crippen LogP contribution in [0.3, 0.4) is 0 Å². The second kappa shape index (κ2) is 10.1. The highest BCUT2D eigenvalue weighted by atomic mass is 32.1. The summed E-state index contributed by atoms with van der Waals surface area (Å²) in [5.74, 6) is 1.13. The molecule has 1 aliphatic heterocycles. The summed E-state index contributed by atoms with van der Waals surface area (Å²) in [5.41, 5.74) is 3.53. The summed E-state index contributed by atoms with van der Waals surface area (Å²) in [6.45, 7) is 0.988. The van der Waals surface area contributed by atoms with Crippen molar-refractivity contribution in [2.24, 2.45) is 0 Å². The van der Waals surface area contributed by atoms with Crippen LogP contribution in [0.2, 0.25) is 0 Å². The minimum absolute atomic E-state index is 0.0464. The van der Waals surface area contributed by atoms with Crippen LogP contribution in [0, 0.1) is 0 Å². The van der Waals surface area contributed by atoms with Crippen LogP contribution in [-0.2, 0) is 11.2 Å². The number of ether oxygens (including phenoxy) is 2. The van der Waals surface area contributed by atoms with Gasteiger partial charge in [0.15, 0.2) is 11.5 Å². The number of hydrogen-bond donors (Lipinski definition) is 2. The number of benzene rings is 2. The SMILES string of the molecule is CNC(=O)c1ccc(NC(=O)CN2CCc3cc(OC)c(OC)cc3[C@H]2c2cccs2)cc1. The molecule has 8 heteroatoms. The van der Waals surface area contributed by atoms with E-state index in [1.807, 2.05) is 18.2 Å². The van der Waals surface area contributed by atoms with Gasteiger partial charge in [-0.05, 0) is 65.4 Å². The normalized spacial score (nSPS) is 15.4. The number of anilines is 1. The van der Waals surface area contributed by atoms with Crippen molar-refractivity contribution in [3.63, 3.8) is 0 Å². The van der Waals surface area contributed by atoms with Gasteiger partial charge < -0.3 is 20.1 Å². The fourth-order valence-electron chi connectivity index (χ4n) is 4.18. The zero-order chi connectivity index (χ0) is 23.4. The number of rotatable bonds is 7. The fraction of sp³-hybridized carbons (Fsp3) is 0.280. The first kappa shape index (κ1) is 22.8. The molecular weight excluding hydrogens is 438 g/mol. The van der Waals surface area contributed by atoms with Crippen molar-refractivity contribution >= 4 is 28.8 Å². The van der Waals surface area contributed by atoms with Crippen LogP contribution in [0.4, 0.5) is 5.69 Å². The Bertz CT molecular complexity index is 1130. The summed E-state index contributed by atoms with van der Waals surface area (Å²) < 4.78 is 11.0. The number of nitrogens with one attached hydrogen (secondary N) is 2. The Balaban J connectivity index is 1.56. The summed E-state index contributed by atoms with van der Waals surface area (Å²) in [4.78, 5) is 28.0. The van der Waals surface area contributed by atoms with Gasteiger partial charge in [-0.15, -0.1) is 11.3 Å². The number of thiophene rings is 1. The molecule has 0 bridgehead atoms. The third kappa shape index (κ3) is 4.86. The molecule has 33 heavy (non-hydrogen) atoms. The van der Waals surface area contributed by atoms with Gasteiger partial charge in [-0.3, -0.25) is 14.5 Å². The number of methoxy groups -OCH3 is 2. The summed E-state index contributed by atoms with van der Waals surface area (Å²) in [6.07, 6.45) is 0.811. The maximum absolute atomic E-state index is 12.9. The van der Waals surface area contributed by atoms with Crippen LogP contribution in [0.25, 0.3) is 0 Å². The van der Waals surface area contributed by atoms with Crippen LogP contribution >= 0.6 is 11.3 Å². The Kier molecular flexibility index (Phi) is 6.96. The average molecular weight is 466 g/mol. The maximum atomic E-state index is 12.9. The highest BCUT2D eigenvalue weighted by Gasteiger charge is 2.32. The van der Waals surface area contributed by atoms with Gasteiger partial charge in [-0.1, -0.05) is 6.07 Å². The molecule has 0 aliphatic carbocycles. The molecule has 2 amide bonds. The van der Waals surface area contributed by atoms with Gasteiger partial charge in [0.05, 0.1) is 26.8 Å². The van der Waals surface area contributed by atoms with E-state index < -0.39 is 0 Å². The van der Waals surface area contributed by atoms with E-state index in [1.54, 1.807) is 56.9 Å². The average Bonchev–Trinajstić information content (AvgIpc) is 3.37. The second-order valence-corrected chi connectivity index (χ2v) is 8.73. The van der Waals surface area contributed by atoms with Crippen molar-refractivity contribution in [3.05, 3.63) is 75.5 Å². The van der Waals surface area contributed by atoms with E-state index in [4.69, 9.17) is 9.47 Å². The van der Waals surface area contributed by atoms with Gasteiger partial charge in [0.2, 0.25) is 5.91 Å². The summed E-state index contributed by atoms with van der Waals surface area (Å²) in [7, 11) is 4.86. The van der Waals surface area contributed by atoms with E-state index in [0.29, 0.717) is 22.7 Å². The van der Waals surface area contributed by atoms with Crippen molar-refractivity contribution in [2.45, 2.75) is 12.5 Å². The zero-order valence-electron chi connectivity index (χ0n) is 18.9. The molecule has 0 unspecified atom stereocenters. The second-order valence-electron chi connectivity index (χ2n) is 7.75. The Morgan fingerprint density at radius 3 is 2.45 bits per heavy atom. The summed E-state index contributed by atoms with van der Waals surface area (Å²) in [6, 6.07) is 15.0. The topological polar surface area (TPSA) is 79.9 Å². The first-order chi connectivity index (χ1) is 16.0. The Morgan fingerprint density at radius 2 is 1.82 bits per heavy atom.